The Morgan fingerprint density at radius 1 is 1.20 bits per heavy atom. The van der Waals surface area contributed by atoms with Crippen molar-refractivity contribution in [1.29, 1.82) is 5.41 Å². The number of amides is 1. The first-order valence-electron chi connectivity index (χ1n) is 7.09. The van der Waals surface area contributed by atoms with Crippen molar-refractivity contribution in [3.63, 3.8) is 0 Å². The zero-order valence-corrected chi connectivity index (χ0v) is 11.6. The Balaban J connectivity index is 1.76. The second-order valence-corrected chi connectivity index (χ2v) is 5.37. The minimum atomic E-state index is 0.0222. The molecule has 2 rings (SSSR count). The summed E-state index contributed by atoms with van der Waals surface area (Å²) >= 11 is 0. The molecule has 0 bridgehead atoms. The van der Waals surface area contributed by atoms with Crippen LogP contribution in [0.15, 0.2) is 30.3 Å². The Kier molecular flexibility index (Phi) is 4.98. The summed E-state index contributed by atoms with van der Waals surface area (Å²) in [7, 11) is 0. The van der Waals surface area contributed by atoms with Gasteiger partial charge in [0.1, 0.15) is 0 Å². The number of hydrogen-bond acceptors (Lipinski definition) is 2. The molecule has 1 aliphatic carbocycles. The van der Waals surface area contributed by atoms with Crippen LogP contribution < -0.4 is 16.4 Å². The molecule has 0 heterocycles. The number of carbonyl (C=O) groups is 1. The molecule has 108 valence electrons. The maximum absolute atomic E-state index is 12.2. The van der Waals surface area contributed by atoms with Gasteiger partial charge in [0.15, 0.2) is 5.96 Å². The largest absolute Gasteiger partial charge is 0.370 e. The molecule has 1 saturated carbocycles. The van der Waals surface area contributed by atoms with Gasteiger partial charge in [-0.1, -0.05) is 18.2 Å². The van der Waals surface area contributed by atoms with Gasteiger partial charge in [-0.3, -0.25) is 10.2 Å². The van der Waals surface area contributed by atoms with Crippen LogP contribution in [-0.4, -0.2) is 18.4 Å². The van der Waals surface area contributed by atoms with Crippen LogP contribution >= 0.6 is 0 Å². The van der Waals surface area contributed by atoms with Crippen molar-refractivity contribution in [2.24, 2.45) is 17.6 Å². The maximum Gasteiger partial charge on any atom is 0.227 e. The third-order valence-electron chi connectivity index (χ3n) is 3.84. The van der Waals surface area contributed by atoms with Crippen LogP contribution in [0.4, 0.5) is 5.69 Å². The minimum absolute atomic E-state index is 0.0222. The molecule has 1 aliphatic rings. The lowest BCUT2D eigenvalue weighted by Crippen LogP contribution is -2.36. The minimum Gasteiger partial charge on any atom is -0.370 e. The summed E-state index contributed by atoms with van der Waals surface area (Å²) in [6.07, 6.45) is 3.83. The van der Waals surface area contributed by atoms with Gasteiger partial charge in [-0.15, -0.1) is 0 Å². The van der Waals surface area contributed by atoms with Crippen molar-refractivity contribution < 1.29 is 4.79 Å². The van der Waals surface area contributed by atoms with Crippen molar-refractivity contribution in [2.45, 2.75) is 25.7 Å². The van der Waals surface area contributed by atoms with E-state index in [1.807, 2.05) is 30.3 Å². The predicted molar refractivity (Wildman–Crippen MR) is 80.4 cm³/mol. The van der Waals surface area contributed by atoms with Crippen molar-refractivity contribution in [3.8, 4) is 0 Å². The molecule has 5 heteroatoms. The highest BCUT2D eigenvalue weighted by Gasteiger charge is 2.26. The average Bonchev–Trinajstić information content (AvgIpc) is 2.46. The normalized spacial score (nSPS) is 22.0. The quantitative estimate of drug-likeness (QED) is 0.499. The van der Waals surface area contributed by atoms with Crippen molar-refractivity contribution >= 4 is 17.6 Å². The lowest BCUT2D eigenvalue weighted by molar-refractivity contribution is -0.121. The lowest BCUT2D eigenvalue weighted by atomic mass is 9.81. The van der Waals surface area contributed by atoms with Crippen LogP contribution in [0.5, 0.6) is 0 Å². The second-order valence-electron chi connectivity index (χ2n) is 5.37. The molecule has 0 radical (unpaired) electrons. The van der Waals surface area contributed by atoms with Gasteiger partial charge in [0.25, 0.3) is 0 Å². The number of anilines is 1. The predicted octanol–water partition coefficient (Wildman–Crippen LogP) is 1.91. The highest BCUT2D eigenvalue weighted by molar-refractivity contribution is 5.92. The molecule has 1 fully saturated rings. The zero-order chi connectivity index (χ0) is 14.4. The third-order valence-corrected chi connectivity index (χ3v) is 3.84. The van der Waals surface area contributed by atoms with Crippen LogP contribution in [0.3, 0.4) is 0 Å². The molecule has 0 aromatic heterocycles. The summed E-state index contributed by atoms with van der Waals surface area (Å²) in [5.41, 5.74) is 6.14. The molecule has 5 nitrogen and oxygen atoms in total. The Morgan fingerprint density at radius 2 is 1.85 bits per heavy atom. The molecular formula is C15H22N4O. The Morgan fingerprint density at radius 3 is 2.45 bits per heavy atom. The second kappa shape index (κ2) is 6.93. The number of carbonyl (C=O) groups excluding carboxylic acids is 1. The molecule has 0 unspecified atom stereocenters. The Hall–Kier alpha value is -2.04. The van der Waals surface area contributed by atoms with E-state index in [2.05, 4.69) is 10.6 Å². The van der Waals surface area contributed by atoms with Crippen LogP contribution in [0, 0.1) is 17.2 Å². The molecule has 1 aromatic carbocycles. The number of guanidine groups is 1. The first kappa shape index (κ1) is 14.4. The first-order chi connectivity index (χ1) is 9.65. The fraction of sp³-hybridized carbons (Fsp3) is 0.467. The topological polar surface area (TPSA) is 91.0 Å². The molecular weight excluding hydrogens is 252 g/mol. The smallest absolute Gasteiger partial charge is 0.227 e. The Labute approximate surface area is 119 Å². The number of para-hydroxylation sites is 1. The molecule has 0 spiro atoms. The summed E-state index contributed by atoms with van der Waals surface area (Å²) < 4.78 is 0. The molecule has 0 saturated heterocycles. The monoisotopic (exact) mass is 274 g/mol. The van der Waals surface area contributed by atoms with Crippen LogP contribution in [0.1, 0.15) is 25.7 Å². The van der Waals surface area contributed by atoms with Crippen LogP contribution in [-0.2, 0) is 4.79 Å². The van der Waals surface area contributed by atoms with E-state index in [1.54, 1.807) is 0 Å². The highest BCUT2D eigenvalue weighted by Crippen LogP contribution is 2.29. The van der Waals surface area contributed by atoms with E-state index in [9.17, 15) is 4.79 Å². The van der Waals surface area contributed by atoms with E-state index < -0.39 is 0 Å². The SMILES string of the molecule is N=C(N)NC[C@H]1CC[C@H](C(=O)Nc2ccccc2)CC1. The number of rotatable bonds is 4. The third kappa shape index (κ3) is 4.26. The van der Waals surface area contributed by atoms with E-state index in [-0.39, 0.29) is 17.8 Å². The van der Waals surface area contributed by atoms with E-state index in [0.717, 1.165) is 37.9 Å². The van der Waals surface area contributed by atoms with Crippen molar-refractivity contribution in [3.05, 3.63) is 30.3 Å². The van der Waals surface area contributed by atoms with E-state index in [4.69, 9.17) is 11.1 Å². The van der Waals surface area contributed by atoms with Gasteiger partial charge in [0.05, 0.1) is 0 Å². The molecule has 1 amide bonds. The van der Waals surface area contributed by atoms with Gasteiger partial charge in [-0.2, -0.15) is 0 Å². The number of nitrogens with two attached hydrogens (primary N) is 1. The average molecular weight is 274 g/mol. The Bertz CT molecular complexity index is 452. The summed E-state index contributed by atoms with van der Waals surface area (Å²) in [6, 6.07) is 9.57. The van der Waals surface area contributed by atoms with Crippen molar-refractivity contribution in [2.75, 3.05) is 11.9 Å². The number of benzene rings is 1. The molecule has 5 N–H and O–H groups in total. The first-order valence-corrected chi connectivity index (χ1v) is 7.09. The molecule has 1 aromatic rings. The van der Waals surface area contributed by atoms with E-state index in [0.29, 0.717) is 5.92 Å². The van der Waals surface area contributed by atoms with E-state index >= 15 is 0 Å². The van der Waals surface area contributed by atoms with Gasteiger partial charge >= 0.3 is 0 Å². The fourth-order valence-corrected chi connectivity index (χ4v) is 2.65. The molecule has 0 atom stereocenters. The van der Waals surface area contributed by atoms with Gasteiger partial charge < -0.3 is 16.4 Å². The standard InChI is InChI=1S/C15H22N4O/c16-15(17)18-10-11-6-8-12(9-7-11)14(20)19-13-4-2-1-3-5-13/h1-5,11-12H,6-10H2,(H,19,20)(H4,16,17,18)/t11-,12-. The van der Waals surface area contributed by atoms with Gasteiger partial charge in [0, 0.05) is 18.2 Å². The fourth-order valence-electron chi connectivity index (χ4n) is 2.65. The molecule has 0 aliphatic heterocycles. The number of nitrogens with one attached hydrogen (secondary N) is 3. The summed E-state index contributed by atoms with van der Waals surface area (Å²) in [4.78, 5) is 12.2. The maximum atomic E-state index is 12.2. The summed E-state index contributed by atoms with van der Waals surface area (Å²) in [5.74, 6) is 0.756. The van der Waals surface area contributed by atoms with Gasteiger partial charge in [-0.05, 0) is 43.7 Å². The zero-order valence-electron chi connectivity index (χ0n) is 11.6. The lowest BCUT2D eigenvalue weighted by Gasteiger charge is -2.27. The number of hydrogen-bond donors (Lipinski definition) is 4. The molecule has 20 heavy (non-hydrogen) atoms. The van der Waals surface area contributed by atoms with Crippen LogP contribution in [0.25, 0.3) is 0 Å². The van der Waals surface area contributed by atoms with Crippen LogP contribution in [0.2, 0.25) is 0 Å². The van der Waals surface area contributed by atoms with E-state index in [1.165, 1.54) is 0 Å². The van der Waals surface area contributed by atoms with Gasteiger partial charge in [0.2, 0.25) is 5.91 Å². The van der Waals surface area contributed by atoms with Crippen molar-refractivity contribution in [1.82, 2.24) is 5.32 Å². The van der Waals surface area contributed by atoms with Gasteiger partial charge in [-0.25, -0.2) is 0 Å². The summed E-state index contributed by atoms with van der Waals surface area (Å²) in [6.45, 7) is 0.738. The summed E-state index contributed by atoms with van der Waals surface area (Å²) in [5, 5.41) is 13.0. The highest BCUT2D eigenvalue weighted by atomic mass is 16.1.